The second kappa shape index (κ2) is 5.92. The molecule has 1 unspecified atom stereocenters. The van der Waals surface area contributed by atoms with Crippen LogP contribution in [-0.4, -0.2) is 22.7 Å². The lowest BCUT2D eigenvalue weighted by Crippen LogP contribution is -2.21. The van der Waals surface area contributed by atoms with Crippen molar-refractivity contribution < 1.29 is 5.11 Å². The van der Waals surface area contributed by atoms with Gasteiger partial charge in [0.15, 0.2) is 0 Å². The van der Waals surface area contributed by atoms with E-state index in [0.717, 1.165) is 10.9 Å². The normalized spacial score (nSPS) is 12.5. The molecule has 1 aromatic rings. The minimum Gasteiger partial charge on any atom is -0.396 e. The van der Waals surface area contributed by atoms with E-state index < -0.39 is 0 Å². The first-order chi connectivity index (χ1) is 7.17. The zero-order valence-electron chi connectivity index (χ0n) is 8.70. The summed E-state index contributed by atoms with van der Waals surface area (Å²) in [4.78, 5) is 4.18. The van der Waals surface area contributed by atoms with Crippen molar-refractivity contribution in [1.82, 2.24) is 4.98 Å². The van der Waals surface area contributed by atoms with Crippen molar-refractivity contribution in [1.29, 1.82) is 0 Å². The minimum absolute atomic E-state index is 0.169. The average Bonchev–Trinajstić information content (AvgIpc) is 2.21. The van der Waals surface area contributed by atoms with E-state index in [4.69, 9.17) is 10.8 Å². The number of hydrogen-bond donors (Lipinski definition) is 3. The summed E-state index contributed by atoms with van der Waals surface area (Å²) in [5, 5.41) is 12.1. The molecule has 0 spiro atoms. The van der Waals surface area contributed by atoms with Crippen molar-refractivity contribution >= 4 is 27.4 Å². The van der Waals surface area contributed by atoms with Crippen LogP contribution in [0.25, 0.3) is 0 Å². The van der Waals surface area contributed by atoms with Crippen LogP contribution < -0.4 is 11.1 Å². The van der Waals surface area contributed by atoms with Gasteiger partial charge in [-0.3, -0.25) is 0 Å². The second-order valence-corrected chi connectivity index (χ2v) is 4.27. The molecule has 0 radical (unpaired) electrons. The van der Waals surface area contributed by atoms with E-state index in [0.29, 0.717) is 17.9 Å². The Morgan fingerprint density at radius 3 is 2.93 bits per heavy atom. The average molecular weight is 274 g/mol. The van der Waals surface area contributed by atoms with Gasteiger partial charge in [-0.15, -0.1) is 0 Å². The maximum Gasteiger partial charge on any atom is 0.149 e. The Bertz CT molecular complexity index is 320. The summed E-state index contributed by atoms with van der Waals surface area (Å²) in [7, 11) is 0. The number of aliphatic hydroxyl groups is 1. The number of rotatable bonds is 5. The lowest BCUT2D eigenvalue weighted by Gasteiger charge is -2.17. The molecule has 0 aliphatic carbocycles. The van der Waals surface area contributed by atoms with Gasteiger partial charge in [0.05, 0.1) is 5.69 Å². The van der Waals surface area contributed by atoms with Crippen LogP contribution >= 0.6 is 15.9 Å². The first-order valence-corrected chi connectivity index (χ1v) is 5.75. The van der Waals surface area contributed by atoms with Gasteiger partial charge in [-0.1, -0.05) is 6.92 Å². The molecule has 5 heteroatoms. The van der Waals surface area contributed by atoms with Crippen LogP contribution in [0, 0.1) is 0 Å². The molecular weight excluding hydrogens is 258 g/mol. The first kappa shape index (κ1) is 12.3. The number of nitrogens with zero attached hydrogens (tertiary/aromatic N) is 1. The van der Waals surface area contributed by atoms with Crippen LogP contribution in [0.2, 0.25) is 0 Å². The van der Waals surface area contributed by atoms with E-state index in [1.165, 1.54) is 0 Å². The zero-order chi connectivity index (χ0) is 11.3. The Hall–Kier alpha value is -0.810. The number of pyridine rings is 1. The number of halogens is 1. The molecule has 4 N–H and O–H groups in total. The summed E-state index contributed by atoms with van der Waals surface area (Å²) < 4.78 is 0.862. The van der Waals surface area contributed by atoms with Gasteiger partial charge in [0.2, 0.25) is 0 Å². The molecule has 1 aromatic heterocycles. The van der Waals surface area contributed by atoms with Gasteiger partial charge in [0.1, 0.15) is 5.82 Å². The number of aromatic nitrogens is 1. The lowest BCUT2D eigenvalue weighted by atomic mass is 10.1. The predicted octanol–water partition coefficient (Wildman–Crippen LogP) is 2.00. The number of aliphatic hydroxyl groups excluding tert-OH is 1. The summed E-state index contributed by atoms with van der Waals surface area (Å²) >= 11 is 3.30. The summed E-state index contributed by atoms with van der Waals surface area (Å²) in [6.07, 6.45) is 3.33. The number of hydrogen-bond acceptors (Lipinski definition) is 4. The first-order valence-electron chi connectivity index (χ1n) is 4.95. The Labute approximate surface area is 98.0 Å². The molecule has 0 saturated carbocycles. The molecule has 0 fully saturated rings. The monoisotopic (exact) mass is 273 g/mol. The van der Waals surface area contributed by atoms with E-state index in [9.17, 15) is 0 Å². The molecular formula is C10H16BrN3O. The Kier molecular flexibility index (Phi) is 4.84. The summed E-state index contributed by atoms with van der Waals surface area (Å²) in [6, 6.07) is 2.02. The Balaban J connectivity index is 2.70. The van der Waals surface area contributed by atoms with Crippen molar-refractivity contribution in [2.45, 2.75) is 25.8 Å². The fourth-order valence-electron chi connectivity index (χ4n) is 1.30. The van der Waals surface area contributed by atoms with Crippen LogP contribution in [0.1, 0.15) is 19.8 Å². The van der Waals surface area contributed by atoms with Crippen LogP contribution in [0.5, 0.6) is 0 Å². The predicted molar refractivity (Wildman–Crippen MR) is 65.8 cm³/mol. The topological polar surface area (TPSA) is 71.2 Å². The van der Waals surface area contributed by atoms with Crippen LogP contribution in [-0.2, 0) is 0 Å². The highest BCUT2D eigenvalue weighted by molar-refractivity contribution is 9.10. The molecule has 0 aliphatic rings. The number of nitrogens with one attached hydrogen (secondary N) is 1. The van der Waals surface area contributed by atoms with Crippen LogP contribution in [0.3, 0.4) is 0 Å². The second-order valence-electron chi connectivity index (χ2n) is 3.35. The lowest BCUT2D eigenvalue weighted by molar-refractivity contribution is 0.278. The van der Waals surface area contributed by atoms with E-state index in [1.54, 1.807) is 12.3 Å². The molecule has 0 aromatic carbocycles. The maximum atomic E-state index is 8.86. The smallest absolute Gasteiger partial charge is 0.149 e. The third kappa shape index (κ3) is 3.68. The fourth-order valence-corrected chi connectivity index (χ4v) is 1.65. The number of nitrogen functional groups attached to an aromatic ring is 1. The van der Waals surface area contributed by atoms with Gasteiger partial charge < -0.3 is 16.2 Å². The minimum atomic E-state index is 0.169. The maximum absolute atomic E-state index is 8.86. The summed E-state index contributed by atoms with van der Waals surface area (Å²) in [5.41, 5.74) is 6.41. The summed E-state index contributed by atoms with van der Waals surface area (Å²) in [6.45, 7) is 2.23. The molecule has 1 rings (SSSR count). The molecule has 0 amide bonds. The van der Waals surface area contributed by atoms with E-state index in [1.807, 2.05) is 0 Å². The highest BCUT2D eigenvalue weighted by Crippen LogP contribution is 2.21. The third-order valence-electron chi connectivity index (χ3n) is 2.20. The highest BCUT2D eigenvalue weighted by Gasteiger charge is 2.08. The molecule has 0 aliphatic heterocycles. The van der Waals surface area contributed by atoms with Crippen molar-refractivity contribution in [2.24, 2.45) is 0 Å². The zero-order valence-corrected chi connectivity index (χ0v) is 10.3. The van der Waals surface area contributed by atoms with Gasteiger partial charge in [-0.25, -0.2) is 4.98 Å². The largest absolute Gasteiger partial charge is 0.396 e. The molecule has 4 nitrogen and oxygen atoms in total. The molecule has 1 heterocycles. The Morgan fingerprint density at radius 1 is 1.67 bits per heavy atom. The van der Waals surface area contributed by atoms with Gasteiger partial charge in [0, 0.05) is 23.3 Å². The van der Waals surface area contributed by atoms with Gasteiger partial charge in [-0.2, -0.15) is 0 Å². The van der Waals surface area contributed by atoms with Crippen LogP contribution in [0.15, 0.2) is 16.7 Å². The number of anilines is 2. The standard InChI is InChI=1S/C10H16BrN3O/c1-2-8(3-4-15)14-10-9(12)5-7(11)6-13-10/h5-6,8,15H,2-4,12H2,1H3,(H,13,14). The molecule has 0 bridgehead atoms. The van der Waals surface area contributed by atoms with Gasteiger partial charge >= 0.3 is 0 Å². The number of nitrogens with two attached hydrogens (primary N) is 1. The molecule has 0 saturated heterocycles. The van der Waals surface area contributed by atoms with Crippen molar-refractivity contribution in [3.05, 3.63) is 16.7 Å². The molecule has 15 heavy (non-hydrogen) atoms. The van der Waals surface area contributed by atoms with Gasteiger partial charge in [0.25, 0.3) is 0 Å². The van der Waals surface area contributed by atoms with Crippen molar-refractivity contribution in [3.63, 3.8) is 0 Å². The Morgan fingerprint density at radius 2 is 2.40 bits per heavy atom. The van der Waals surface area contributed by atoms with Crippen molar-refractivity contribution in [2.75, 3.05) is 17.7 Å². The van der Waals surface area contributed by atoms with Crippen LogP contribution in [0.4, 0.5) is 11.5 Å². The highest BCUT2D eigenvalue weighted by atomic mass is 79.9. The summed E-state index contributed by atoms with van der Waals surface area (Å²) in [5.74, 6) is 0.679. The molecule has 84 valence electrons. The third-order valence-corrected chi connectivity index (χ3v) is 2.63. The van der Waals surface area contributed by atoms with E-state index in [2.05, 4.69) is 33.2 Å². The van der Waals surface area contributed by atoms with Crippen molar-refractivity contribution in [3.8, 4) is 0 Å². The SMILES string of the molecule is CCC(CCO)Nc1ncc(Br)cc1N. The van der Waals surface area contributed by atoms with E-state index >= 15 is 0 Å². The molecule has 1 atom stereocenters. The fraction of sp³-hybridized carbons (Fsp3) is 0.500. The quantitative estimate of drug-likeness (QED) is 0.768. The van der Waals surface area contributed by atoms with E-state index in [-0.39, 0.29) is 12.6 Å². The van der Waals surface area contributed by atoms with Gasteiger partial charge in [-0.05, 0) is 34.8 Å².